The van der Waals surface area contributed by atoms with Crippen LogP contribution in [0.3, 0.4) is 0 Å². The molecule has 1 N–H and O–H groups in total. The minimum absolute atomic E-state index is 0.626. The number of aryl methyl sites for hydroxylation is 1. The molecular formula is C12H13N3S. The second kappa shape index (κ2) is 4.99. The molecule has 3 nitrogen and oxygen atoms in total. The third-order valence-electron chi connectivity index (χ3n) is 2.25. The Morgan fingerprint density at radius 2 is 2.31 bits per heavy atom. The maximum absolute atomic E-state index is 5.15. The van der Waals surface area contributed by atoms with Crippen molar-refractivity contribution in [3.63, 3.8) is 0 Å². The quantitative estimate of drug-likeness (QED) is 0.825. The zero-order chi connectivity index (χ0) is 11.4. The van der Waals surface area contributed by atoms with Crippen LogP contribution >= 0.6 is 12.2 Å². The molecule has 0 radical (unpaired) electrons. The number of rotatable bonds is 3. The van der Waals surface area contributed by atoms with Crippen LogP contribution in [0.25, 0.3) is 11.3 Å². The summed E-state index contributed by atoms with van der Waals surface area (Å²) in [4.78, 5) is 11.7. The minimum Gasteiger partial charge on any atom is -0.343 e. The first-order valence-electron chi connectivity index (χ1n) is 5.30. The van der Waals surface area contributed by atoms with Crippen LogP contribution in [0.5, 0.6) is 0 Å². The molecule has 0 spiro atoms. The van der Waals surface area contributed by atoms with E-state index in [4.69, 9.17) is 12.2 Å². The summed E-state index contributed by atoms with van der Waals surface area (Å²) < 4.78 is 0.626. The summed E-state index contributed by atoms with van der Waals surface area (Å²) in [6, 6.07) is 5.78. The largest absolute Gasteiger partial charge is 0.343 e. The van der Waals surface area contributed by atoms with E-state index in [9.17, 15) is 0 Å². The molecule has 0 bridgehead atoms. The number of aromatic amines is 1. The first-order valence-corrected chi connectivity index (χ1v) is 5.71. The van der Waals surface area contributed by atoms with E-state index in [0.717, 1.165) is 29.9 Å². The maximum atomic E-state index is 5.15. The van der Waals surface area contributed by atoms with Gasteiger partial charge in [-0.25, -0.2) is 4.98 Å². The van der Waals surface area contributed by atoms with Gasteiger partial charge in [0.2, 0.25) is 0 Å². The van der Waals surface area contributed by atoms with Gasteiger partial charge in [-0.15, -0.1) is 0 Å². The number of hydrogen-bond donors (Lipinski definition) is 1. The molecule has 16 heavy (non-hydrogen) atoms. The Morgan fingerprint density at radius 3 is 3.00 bits per heavy atom. The van der Waals surface area contributed by atoms with E-state index in [0.29, 0.717) is 4.64 Å². The Balaban J connectivity index is 2.45. The molecule has 2 heterocycles. The fourth-order valence-electron chi connectivity index (χ4n) is 1.54. The monoisotopic (exact) mass is 231 g/mol. The fraction of sp³-hybridized carbons (Fsp3) is 0.250. The highest BCUT2D eigenvalue weighted by Crippen LogP contribution is 2.15. The lowest BCUT2D eigenvalue weighted by atomic mass is 10.2. The normalized spacial score (nSPS) is 10.3. The van der Waals surface area contributed by atoms with E-state index in [1.54, 1.807) is 6.20 Å². The van der Waals surface area contributed by atoms with E-state index in [-0.39, 0.29) is 0 Å². The Bertz CT molecular complexity index is 519. The van der Waals surface area contributed by atoms with Crippen molar-refractivity contribution in [2.45, 2.75) is 19.8 Å². The zero-order valence-corrected chi connectivity index (χ0v) is 9.92. The average Bonchev–Trinajstić information content (AvgIpc) is 2.30. The molecule has 0 fully saturated rings. The first-order chi connectivity index (χ1) is 7.79. The molecule has 0 saturated carbocycles. The van der Waals surface area contributed by atoms with Crippen LogP contribution in [0.2, 0.25) is 0 Å². The molecule has 0 aliphatic rings. The molecule has 2 rings (SSSR count). The summed E-state index contributed by atoms with van der Waals surface area (Å²) in [6.07, 6.45) is 5.54. The topological polar surface area (TPSA) is 41.6 Å². The molecule has 2 aromatic rings. The van der Waals surface area contributed by atoms with Gasteiger partial charge < -0.3 is 4.98 Å². The standard InChI is InChI=1S/C12H13N3S/c1-2-4-11-14-10(7-12(16)15-11)9-5-3-6-13-8-9/h3,5-8H,2,4H2,1H3,(H,14,15,16). The molecule has 2 aromatic heterocycles. The van der Waals surface area contributed by atoms with Crippen molar-refractivity contribution in [3.8, 4) is 11.3 Å². The van der Waals surface area contributed by atoms with Crippen molar-refractivity contribution in [1.29, 1.82) is 0 Å². The van der Waals surface area contributed by atoms with Gasteiger partial charge >= 0.3 is 0 Å². The van der Waals surface area contributed by atoms with Crippen LogP contribution in [-0.2, 0) is 6.42 Å². The smallest absolute Gasteiger partial charge is 0.130 e. The molecule has 0 aliphatic carbocycles. The van der Waals surface area contributed by atoms with Gasteiger partial charge in [-0.1, -0.05) is 19.1 Å². The number of H-pyrrole nitrogens is 1. The lowest BCUT2D eigenvalue weighted by Crippen LogP contribution is -1.96. The van der Waals surface area contributed by atoms with Crippen molar-refractivity contribution in [3.05, 3.63) is 41.1 Å². The van der Waals surface area contributed by atoms with Crippen molar-refractivity contribution in [1.82, 2.24) is 15.0 Å². The highest BCUT2D eigenvalue weighted by atomic mass is 32.1. The molecule has 0 amide bonds. The van der Waals surface area contributed by atoms with Gasteiger partial charge in [0, 0.05) is 24.4 Å². The lowest BCUT2D eigenvalue weighted by Gasteiger charge is -2.04. The van der Waals surface area contributed by atoms with Gasteiger partial charge in [0.1, 0.15) is 10.5 Å². The molecule has 82 valence electrons. The number of aromatic nitrogens is 3. The number of nitrogens with zero attached hydrogens (tertiary/aromatic N) is 2. The molecule has 0 saturated heterocycles. The molecular weight excluding hydrogens is 218 g/mol. The van der Waals surface area contributed by atoms with Crippen molar-refractivity contribution < 1.29 is 0 Å². The van der Waals surface area contributed by atoms with E-state index < -0.39 is 0 Å². The van der Waals surface area contributed by atoms with E-state index in [1.165, 1.54) is 0 Å². The maximum Gasteiger partial charge on any atom is 0.130 e. The van der Waals surface area contributed by atoms with Gasteiger partial charge in [0.25, 0.3) is 0 Å². The van der Waals surface area contributed by atoms with Crippen LogP contribution in [0.4, 0.5) is 0 Å². The Hall–Kier alpha value is -1.55. The fourth-order valence-corrected chi connectivity index (χ4v) is 1.77. The van der Waals surface area contributed by atoms with Crippen LogP contribution in [0.1, 0.15) is 19.2 Å². The number of nitrogens with one attached hydrogen (secondary N) is 1. The number of hydrogen-bond acceptors (Lipinski definition) is 3. The average molecular weight is 231 g/mol. The molecule has 0 aromatic carbocycles. The van der Waals surface area contributed by atoms with Gasteiger partial charge in [-0.2, -0.15) is 0 Å². The third kappa shape index (κ3) is 2.52. The zero-order valence-electron chi connectivity index (χ0n) is 9.10. The van der Waals surface area contributed by atoms with Crippen LogP contribution < -0.4 is 0 Å². The Labute approximate surface area is 99.6 Å². The molecule has 0 atom stereocenters. The molecule has 0 aliphatic heterocycles. The third-order valence-corrected chi connectivity index (χ3v) is 2.46. The van der Waals surface area contributed by atoms with E-state index in [1.807, 2.05) is 24.4 Å². The van der Waals surface area contributed by atoms with E-state index >= 15 is 0 Å². The van der Waals surface area contributed by atoms with Crippen molar-refractivity contribution in [2.24, 2.45) is 0 Å². The molecule has 4 heteroatoms. The first kappa shape index (κ1) is 11.0. The highest BCUT2D eigenvalue weighted by molar-refractivity contribution is 7.71. The summed E-state index contributed by atoms with van der Waals surface area (Å²) in [5, 5.41) is 0. The number of pyridine rings is 1. The second-order valence-corrected chi connectivity index (χ2v) is 3.99. The van der Waals surface area contributed by atoms with Gasteiger partial charge in [-0.3, -0.25) is 4.98 Å². The van der Waals surface area contributed by atoms with Crippen molar-refractivity contribution in [2.75, 3.05) is 0 Å². The van der Waals surface area contributed by atoms with Gasteiger partial charge in [0.05, 0.1) is 5.69 Å². The summed E-state index contributed by atoms with van der Waals surface area (Å²) in [5.74, 6) is 0.939. The van der Waals surface area contributed by atoms with Gasteiger partial charge in [-0.05, 0) is 24.6 Å². The predicted octanol–water partition coefficient (Wildman–Crippen LogP) is 3.15. The summed E-state index contributed by atoms with van der Waals surface area (Å²) >= 11 is 5.15. The minimum atomic E-state index is 0.626. The van der Waals surface area contributed by atoms with Crippen molar-refractivity contribution >= 4 is 12.2 Å². The van der Waals surface area contributed by atoms with Crippen LogP contribution in [0, 0.1) is 4.64 Å². The lowest BCUT2D eigenvalue weighted by molar-refractivity contribution is 0.833. The van der Waals surface area contributed by atoms with Crippen LogP contribution in [-0.4, -0.2) is 15.0 Å². The second-order valence-electron chi connectivity index (χ2n) is 3.57. The summed E-state index contributed by atoms with van der Waals surface area (Å²) in [5.41, 5.74) is 2.02. The SMILES string of the molecule is CCCc1nc(=S)cc(-c2cccnc2)[nH]1. The molecule has 0 unspecified atom stereocenters. The summed E-state index contributed by atoms with van der Waals surface area (Å²) in [7, 11) is 0. The van der Waals surface area contributed by atoms with E-state index in [2.05, 4.69) is 21.9 Å². The summed E-state index contributed by atoms with van der Waals surface area (Å²) in [6.45, 7) is 2.12. The highest BCUT2D eigenvalue weighted by Gasteiger charge is 2.01. The Kier molecular flexibility index (Phi) is 3.41. The van der Waals surface area contributed by atoms with Crippen LogP contribution in [0.15, 0.2) is 30.6 Å². The predicted molar refractivity (Wildman–Crippen MR) is 66.6 cm³/mol. The van der Waals surface area contributed by atoms with Gasteiger partial charge in [0.15, 0.2) is 0 Å². The Morgan fingerprint density at radius 1 is 1.44 bits per heavy atom.